The van der Waals surface area contributed by atoms with Crippen LogP contribution in [-0.4, -0.2) is 63.1 Å². The molecule has 2 saturated carbocycles. The van der Waals surface area contributed by atoms with Crippen LogP contribution in [0.3, 0.4) is 0 Å². The van der Waals surface area contributed by atoms with Gasteiger partial charge in [-0.1, -0.05) is 13.0 Å². The van der Waals surface area contributed by atoms with E-state index in [1.807, 2.05) is 18.2 Å². The molecular formula is C28H33F9O5. The van der Waals surface area contributed by atoms with Gasteiger partial charge in [0.05, 0.1) is 19.8 Å². The summed E-state index contributed by atoms with van der Waals surface area (Å²) in [5.41, 5.74) is -4.17. The number of fused-ring (bicyclic) bond motifs is 5. The van der Waals surface area contributed by atoms with Crippen molar-refractivity contribution in [2.75, 3.05) is 26.9 Å². The molecule has 1 aromatic rings. The quantitative estimate of drug-likeness (QED) is 0.165. The zero-order valence-corrected chi connectivity index (χ0v) is 23.1. The van der Waals surface area contributed by atoms with Crippen LogP contribution in [0.15, 0.2) is 18.2 Å². The van der Waals surface area contributed by atoms with E-state index in [1.54, 1.807) is 0 Å². The lowest BCUT2D eigenvalue weighted by Crippen LogP contribution is -2.67. The van der Waals surface area contributed by atoms with Crippen molar-refractivity contribution in [2.24, 2.45) is 17.3 Å². The SMILES string of the molecule is COC(=O)COc1ccc2c(c1)CC[C@@H]1[C@@H]2CC[C@]2(C)[C@@H](OCCCOC(C(F)(F)F)(C(F)(F)F)C(F)(F)F)CC[C@@H]12. The molecule has 0 amide bonds. The monoisotopic (exact) mass is 620 g/mol. The number of aryl methyl sites for hydroxylation is 1. The molecule has 14 heteroatoms. The second kappa shape index (κ2) is 11.7. The van der Waals surface area contributed by atoms with Gasteiger partial charge in [0, 0.05) is 6.61 Å². The van der Waals surface area contributed by atoms with E-state index < -0.39 is 43.1 Å². The maximum absolute atomic E-state index is 13.1. The Bertz CT molecular complexity index is 1080. The maximum atomic E-state index is 13.1. The summed E-state index contributed by atoms with van der Waals surface area (Å²) in [5, 5.41) is 0. The van der Waals surface area contributed by atoms with Gasteiger partial charge in [-0.25, -0.2) is 4.79 Å². The molecule has 3 aliphatic carbocycles. The number of halogens is 9. The molecule has 2 fully saturated rings. The Balaban J connectivity index is 1.35. The fraction of sp³-hybridized carbons (Fsp3) is 0.750. The highest BCUT2D eigenvalue weighted by Gasteiger charge is 2.85. The number of hydrogen-bond donors (Lipinski definition) is 0. The normalized spacial score (nSPS) is 28.1. The molecular weight excluding hydrogens is 587 g/mol. The molecule has 0 N–H and O–H groups in total. The third-order valence-electron chi connectivity index (χ3n) is 9.32. The molecule has 4 rings (SSSR count). The summed E-state index contributed by atoms with van der Waals surface area (Å²) in [6.07, 6.45) is -16.3. The lowest BCUT2D eigenvalue weighted by atomic mass is 9.55. The molecule has 5 nitrogen and oxygen atoms in total. The highest BCUT2D eigenvalue weighted by Crippen LogP contribution is 2.62. The van der Waals surface area contributed by atoms with E-state index in [0.717, 1.165) is 37.7 Å². The molecule has 0 radical (unpaired) electrons. The number of hydrogen-bond acceptors (Lipinski definition) is 5. The summed E-state index contributed by atoms with van der Waals surface area (Å²) < 4.78 is 137. The van der Waals surface area contributed by atoms with E-state index in [0.29, 0.717) is 24.0 Å². The first-order valence-corrected chi connectivity index (χ1v) is 13.7. The Hall–Kier alpha value is -2.22. The molecule has 42 heavy (non-hydrogen) atoms. The number of carbonyl (C=O) groups excluding carboxylic acids is 1. The van der Waals surface area contributed by atoms with E-state index >= 15 is 0 Å². The van der Waals surface area contributed by atoms with Gasteiger partial charge in [-0.15, -0.1) is 0 Å². The zero-order chi connectivity index (χ0) is 31.1. The fourth-order valence-corrected chi connectivity index (χ4v) is 7.31. The number of benzene rings is 1. The molecule has 0 bridgehead atoms. The molecule has 0 saturated heterocycles. The number of carbonyl (C=O) groups is 1. The summed E-state index contributed by atoms with van der Waals surface area (Å²) in [6, 6.07) is 5.79. The third-order valence-corrected chi connectivity index (χ3v) is 9.32. The minimum atomic E-state index is -6.74. The van der Waals surface area contributed by atoms with Crippen LogP contribution in [0, 0.1) is 17.3 Å². The van der Waals surface area contributed by atoms with E-state index in [2.05, 4.69) is 16.4 Å². The van der Waals surface area contributed by atoms with Gasteiger partial charge < -0.3 is 18.9 Å². The van der Waals surface area contributed by atoms with Gasteiger partial charge in [0.1, 0.15) is 5.75 Å². The maximum Gasteiger partial charge on any atom is 0.435 e. The number of ether oxygens (including phenoxy) is 4. The largest absolute Gasteiger partial charge is 0.482 e. The molecule has 0 aromatic heterocycles. The smallest absolute Gasteiger partial charge is 0.435 e. The van der Waals surface area contributed by atoms with E-state index in [9.17, 15) is 44.3 Å². The minimum absolute atomic E-state index is 0.191. The van der Waals surface area contributed by atoms with Crippen molar-refractivity contribution in [3.05, 3.63) is 29.3 Å². The molecule has 238 valence electrons. The lowest BCUT2D eigenvalue weighted by molar-refractivity contribution is -0.457. The van der Waals surface area contributed by atoms with Crippen LogP contribution in [0.2, 0.25) is 0 Å². The molecule has 1 aromatic carbocycles. The highest BCUT2D eigenvalue weighted by molar-refractivity contribution is 5.70. The third kappa shape index (κ3) is 5.81. The van der Waals surface area contributed by atoms with Gasteiger partial charge in [0.25, 0.3) is 0 Å². The summed E-state index contributed by atoms with van der Waals surface area (Å²) in [4.78, 5) is 11.4. The predicted molar refractivity (Wildman–Crippen MR) is 130 cm³/mol. The summed E-state index contributed by atoms with van der Waals surface area (Å²) in [5.74, 6) is 1.01. The first-order valence-electron chi connectivity index (χ1n) is 13.7. The predicted octanol–water partition coefficient (Wildman–Crippen LogP) is 7.31. The summed E-state index contributed by atoms with van der Waals surface area (Å²) >= 11 is 0. The zero-order valence-electron chi connectivity index (χ0n) is 23.1. The van der Waals surface area contributed by atoms with Crippen LogP contribution in [0.4, 0.5) is 39.5 Å². The average Bonchev–Trinajstić information content (AvgIpc) is 3.22. The summed E-state index contributed by atoms with van der Waals surface area (Å²) in [7, 11) is 1.28. The number of rotatable bonds is 9. The standard InChI is InChI=1S/C28H33F9O5/c1-24-11-10-19-18-7-5-17(41-15-23(38)39-2)14-16(18)4-6-20(19)21(24)8-9-22(24)40-12-3-13-42-25(26(29,30)31,27(32,33)34)28(35,36)37/h5,7,14,19-22H,3-4,6,8-13,15H2,1-2H3/t19-,20-,21+,22+,24+/m1/s1. The highest BCUT2D eigenvalue weighted by atomic mass is 19.4. The molecule has 5 atom stereocenters. The van der Waals surface area contributed by atoms with Crippen molar-refractivity contribution in [3.63, 3.8) is 0 Å². The Kier molecular flexibility index (Phi) is 9.11. The van der Waals surface area contributed by atoms with Crippen molar-refractivity contribution in [1.29, 1.82) is 0 Å². The lowest BCUT2D eigenvalue weighted by Gasteiger charge is -2.50. The number of esters is 1. The van der Waals surface area contributed by atoms with Crippen LogP contribution < -0.4 is 4.74 Å². The molecule has 0 aliphatic heterocycles. The van der Waals surface area contributed by atoms with Crippen molar-refractivity contribution in [3.8, 4) is 5.75 Å². The second-order valence-electron chi connectivity index (χ2n) is 11.5. The minimum Gasteiger partial charge on any atom is -0.482 e. The van der Waals surface area contributed by atoms with Gasteiger partial charge in [-0.05, 0) is 91.4 Å². The first-order chi connectivity index (χ1) is 19.5. The van der Waals surface area contributed by atoms with Crippen molar-refractivity contribution >= 4 is 5.97 Å². The average molecular weight is 621 g/mol. The first kappa shape index (κ1) is 32.7. The number of alkyl halides is 9. The van der Waals surface area contributed by atoms with E-state index in [1.165, 1.54) is 12.7 Å². The second-order valence-corrected chi connectivity index (χ2v) is 11.5. The van der Waals surface area contributed by atoms with Crippen molar-refractivity contribution in [1.82, 2.24) is 0 Å². The number of methoxy groups -OCH3 is 1. The van der Waals surface area contributed by atoms with Crippen molar-refractivity contribution in [2.45, 2.75) is 88.0 Å². The Morgan fingerprint density at radius 3 is 2.21 bits per heavy atom. The topological polar surface area (TPSA) is 54.0 Å². The Labute approximate surface area is 237 Å². The van der Waals surface area contributed by atoms with Gasteiger partial charge >= 0.3 is 30.1 Å². The molecule has 3 aliphatic rings. The summed E-state index contributed by atoms with van der Waals surface area (Å²) in [6.45, 7) is 0.118. The molecule has 0 heterocycles. The van der Waals surface area contributed by atoms with E-state index in [-0.39, 0.29) is 30.7 Å². The van der Waals surface area contributed by atoms with Crippen LogP contribution in [-0.2, 0) is 25.4 Å². The van der Waals surface area contributed by atoms with Gasteiger partial charge in [-0.2, -0.15) is 39.5 Å². The van der Waals surface area contributed by atoms with Crippen LogP contribution in [0.5, 0.6) is 5.75 Å². The van der Waals surface area contributed by atoms with Crippen LogP contribution in [0.1, 0.15) is 62.5 Å². The van der Waals surface area contributed by atoms with Crippen molar-refractivity contribution < 1.29 is 63.3 Å². The van der Waals surface area contributed by atoms with Crippen LogP contribution >= 0.6 is 0 Å². The Morgan fingerprint density at radius 1 is 0.929 bits per heavy atom. The Morgan fingerprint density at radius 2 is 1.60 bits per heavy atom. The molecule has 0 spiro atoms. The van der Waals surface area contributed by atoms with Gasteiger partial charge in [0.15, 0.2) is 6.61 Å². The van der Waals surface area contributed by atoms with Crippen LogP contribution in [0.25, 0.3) is 0 Å². The molecule has 0 unspecified atom stereocenters. The van der Waals surface area contributed by atoms with E-state index in [4.69, 9.17) is 9.47 Å². The van der Waals surface area contributed by atoms with Gasteiger partial charge in [-0.3, -0.25) is 0 Å². The van der Waals surface area contributed by atoms with Gasteiger partial charge in [0.2, 0.25) is 0 Å². The fourth-order valence-electron chi connectivity index (χ4n) is 7.31.